The third-order valence-electron chi connectivity index (χ3n) is 3.49. The number of alkyl halides is 1. The van der Waals surface area contributed by atoms with Gasteiger partial charge in [0, 0.05) is 0 Å². The quantitative estimate of drug-likeness (QED) is 0.845. The minimum Gasteiger partial charge on any atom is -0.317 e. The molecule has 1 saturated heterocycles. The van der Waals surface area contributed by atoms with Crippen molar-refractivity contribution in [3.05, 3.63) is 0 Å². The molecule has 1 N–H and O–H groups in total. The summed E-state index contributed by atoms with van der Waals surface area (Å²) >= 11 is 0. The second kappa shape index (κ2) is 5.65. The third-order valence-corrected chi connectivity index (χ3v) is 6.13. The summed E-state index contributed by atoms with van der Waals surface area (Å²) in [4.78, 5) is 0. The van der Waals surface area contributed by atoms with Crippen molar-refractivity contribution in [2.75, 3.05) is 18.8 Å². The first kappa shape index (κ1) is 14.9. The summed E-state index contributed by atoms with van der Waals surface area (Å²) in [6.45, 7) is 6.69. The van der Waals surface area contributed by atoms with Crippen molar-refractivity contribution in [3.8, 4) is 0 Å². The van der Waals surface area contributed by atoms with E-state index in [1.165, 1.54) is 0 Å². The van der Waals surface area contributed by atoms with Crippen LogP contribution in [0.1, 0.15) is 40.0 Å². The van der Waals surface area contributed by atoms with E-state index in [1.807, 2.05) is 0 Å². The molecule has 0 radical (unpaired) electrons. The van der Waals surface area contributed by atoms with Crippen molar-refractivity contribution >= 4 is 9.84 Å². The Morgan fingerprint density at radius 3 is 2.29 bits per heavy atom. The maximum Gasteiger partial charge on any atom is 0.155 e. The van der Waals surface area contributed by atoms with E-state index in [0.29, 0.717) is 0 Å². The molecule has 1 rings (SSSR count). The summed E-state index contributed by atoms with van der Waals surface area (Å²) in [5.74, 6) is -0.00636. The summed E-state index contributed by atoms with van der Waals surface area (Å²) in [5, 5.41) is 3.18. The van der Waals surface area contributed by atoms with Crippen molar-refractivity contribution in [2.24, 2.45) is 5.92 Å². The molecule has 1 aliphatic heterocycles. The molecule has 17 heavy (non-hydrogen) atoms. The largest absolute Gasteiger partial charge is 0.317 e. The summed E-state index contributed by atoms with van der Waals surface area (Å²) in [5.41, 5.74) is 0. The van der Waals surface area contributed by atoms with Gasteiger partial charge < -0.3 is 5.32 Å². The first-order valence-corrected chi connectivity index (χ1v) is 7.96. The Labute approximate surface area is 104 Å². The summed E-state index contributed by atoms with van der Waals surface area (Å²) in [6.07, 6.45) is 0.798. The highest BCUT2D eigenvalue weighted by atomic mass is 32.2. The van der Waals surface area contributed by atoms with Crippen molar-refractivity contribution in [2.45, 2.75) is 51.0 Å². The Morgan fingerprint density at radius 1 is 1.29 bits per heavy atom. The second-order valence-corrected chi connectivity index (χ2v) is 8.69. The Bertz CT molecular complexity index is 329. The van der Waals surface area contributed by atoms with Gasteiger partial charge in [-0.25, -0.2) is 12.8 Å². The monoisotopic (exact) mass is 265 g/mol. The van der Waals surface area contributed by atoms with E-state index < -0.39 is 20.8 Å². The van der Waals surface area contributed by atoms with E-state index in [-0.39, 0.29) is 18.1 Å². The van der Waals surface area contributed by atoms with Crippen LogP contribution >= 0.6 is 0 Å². The maximum absolute atomic E-state index is 13.9. The molecule has 1 fully saturated rings. The minimum absolute atomic E-state index is 0.0337. The Balaban J connectivity index is 2.45. The highest BCUT2D eigenvalue weighted by molar-refractivity contribution is 7.92. The van der Waals surface area contributed by atoms with E-state index in [4.69, 9.17) is 0 Å². The minimum atomic E-state index is -3.19. The molecule has 5 heteroatoms. The van der Waals surface area contributed by atoms with Crippen LogP contribution in [0, 0.1) is 5.92 Å². The van der Waals surface area contributed by atoms with Crippen LogP contribution in [-0.4, -0.2) is 38.2 Å². The molecular weight excluding hydrogens is 241 g/mol. The molecule has 0 amide bonds. The average Bonchev–Trinajstić information content (AvgIpc) is 2.25. The summed E-state index contributed by atoms with van der Waals surface area (Å²) in [6, 6.07) is 0. The van der Waals surface area contributed by atoms with Crippen molar-refractivity contribution in [1.29, 1.82) is 0 Å². The SMILES string of the molecule is CC(C)(C)S(=O)(=O)CCC(F)C1CCNCC1. The third kappa shape index (κ3) is 4.21. The number of hydrogen-bond donors (Lipinski definition) is 1. The van der Waals surface area contributed by atoms with Crippen LogP contribution in [0.25, 0.3) is 0 Å². The molecule has 1 heterocycles. The van der Waals surface area contributed by atoms with Gasteiger partial charge in [-0.3, -0.25) is 0 Å². The molecule has 102 valence electrons. The van der Waals surface area contributed by atoms with Crippen LogP contribution in [0.2, 0.25) is 0 Å². The van der Waals surface area contributed by atoms with Crippen molar-refractivity contribution in [1.82, 2.24) is 5.32 Å². The van der Waals surface area contributed by atoms with Gasteiger partial charge in [0.15, 0.2) is 9.84 Å². The van der Waals surface area contributed by atoms with Gasteiger partial charge in [-0.1, -0.05) is 0 Å². The fraction of sp³-hybridized carbons (Fsp3) is 1.00. The topological polar surface area (TPSA) is 46.2 Å². The van der Waals surface area contributed by atoms with Gasteiger partial charge in [0.05, 0.1) is 10.5 Å². The smallest absolute Gasteiger partial charge is 0.155 e. The molecule has 3 nitrogen and oxygen atoms in total. The Hall–Kier alpha value is -0.160. The van der Waals surface area contributed by atoms with Crippen LogP contribution in [0.5, 0.6) is 0 Å². The van der Waals surface area contributed by atoms with E-state index in [9.17, 15) is 12.8 Å². The van der Waals surface area contributed by atoms with Crippen molar-refractivity contribution < 1.29 is 12.8 Å². The Kier molecular flexibility index (Phi) is 4.95. The molecule has 1 aliphatic rings. The van der Waals surface area contributed by atoms with Crippen LogP contribution in [0.4, 0.5) is 4.39 Å². The number of hydrogen-bond acceptors (Lipinski definition) is 3. The van der Waals surface area contributed by atoms with Crippen LogP contribution in [0.15, 0.2) is 0 Å². The number of halogens is 1. The number of rotatable bonds is 4. The predicted octanol–water partition coefficient (Wildman–Crippen LogP) is 1.93. The van der Waals surface area contributed by atoms with E-state index in [1.54, 1.807) is 20.8 Å². The maximum atomic E-state index is 13.9. The molecule has 0 spiro atoms. The molecule has 0 aliphatic carbocycles. The van der Waals surface area contributed by atoms with Gasteiger partial charge in [0.25, 0.3) is 0 Å². The van der Waals surface area contributed by atoms with Gasteiger partial charge in [0.1, 0.15) is 6.17 Å². The van der Waals surface area contributed by atoms with E-state index in [2.05, 4.69) is 5.32 Å². The predicted molar refractivity (Wildman–Crippen MR) is 68.6 cm³/mol. The number of nitrogens with one attached hydrogen (secondary N) is 1. The number of sulfone groups is 1. The molecule has 1 atom stereocenters. The highest BCUT2D eigenvalue weighted by Gasteiger charge is 2.31. The molecule has 1 unspecified atom stereocenters. The zero-order chi connectivity index (χ0) is 13.1. The van der Waals surface area contributed by atoms with Gasteiger partial charge in [-0.15, -0.1) is 0 Å². The van der Waals surface area contributed by atoms with Crippen molar-refractivity contribution in [3.63, 3.8) is 0 Å². The first-order chi connectivity index (χ1) is 7.74. The molecule has 0 aromatic heterocycles. The lowest BCUT2D eigenvalue weighted by molar-refractivity contribution is 0.183. The molecular formula is C12H24FNO2S. The van der Waals surface area contributed by atoms with E-state index >= 15 is 0 Å². The summed E-state index contributed by atoms with van der Waals surface area (Å²) < 4.78 is 36.9. The lowest BCUT2D eigenvalue weighted by Gasteiger charge is -2.26. The highest BCUT2D eigenvalue weighted by Crippen LogP contribution is 2.24. The number of piperidine rings is 1. The average molecular weight is 265 g/mol. The zero-order valence-electron chi connectivity index (χ0n) is 11.0. The molecule has 0 bridgehead atoms. The van der Waals surface area contributed by atoms with Crippen LogP contribution in [0.3, 0.4) is 0 Å². The normalized spacial score (nSPS) is 21.4. The lowest BCUT2D eigenvalue weighted by atomic mass is 9.92. The zero-order valence-corrected chi connectivity index (χ0v) is 11.8. The van der Waals surface area contributed by atoms with Gasteiger partial charge in [-0.05, 0) is 59.0 Å². The second-order valence-electron chi connectivity index (χ2n) is 5.82. The Morgan fingerprint density at radius 2 is 1.82 bits per heavy atom. The lowest BCUT2D eigenvalue weighted by Crippen LogP contribution is -2.35. The standard InChI is InChI=1S/C12H24FNO2S/c1-12(2,3)17(15,16)9-6-11(13)10-4-7-14-8-5-10/h10-11,14H,4-9H2,1-3H3. The molecule has 0 aromatic rings. The first-order valence-electron chi connectivity index (χ1n) is 6.31. The fourth-order valence-corrected chi connectivity index (χ4v) is 3.16. The van der Waals surface area contributed by atoms with Gasteiger partial charge >= 0.3 is 0 Å². The van der Waals surface area contributed by atoms with Crippen LogP contribution < -0.4 is 5.32 Å². The van der Waals surface area contributed by atoms with E-state index in [0.717, 1.165) is 25.9 Å². The van der Waals surface area contributed by atoms with Gasteiger partial charge in [-0.2, -0.15) is 0 Å². The molecule has 0 saturated carbocycles. The van der Waals surface area contributed by atoms with Crippen LogP contribution in [-0.2, 0) is 9.84 Å². The molecule has 0 aromatic carbocycles. The summed E-state index contributed by atoms with van der Waals surface area (Å²) in [7, 11) is -3.19. The fourth-order valence-electron chi connectivity index (χ4n) is 2.02. The van der Waals surface area contributed by atoms with Gasteiger partial charge in [0.2, 0.25) is 0 Å².